The molecule has 1 amide bonds. The van der Waals surface area contributed by atoms with E-state index in [2.05, 4.69) is 34.1 Å². The minimum Gasteiger partial charge on any atom is -0.376 e. The fraction of sp³-hybridized carbons (Fsp3) is 0.741. The molecule has 0 aromatic heterocycles. The number of hydrogen-bond acceptors (Lipinski definition) is 3. The van der Waals surface area contributed by atoms with Gasteiger partial charge in [-0.1, -0.05) is 43.5 Å². The van der Waals surface area contributed by atoms with Crippen LogP contribution in [0.2, 0.25) is 0 Å². The lowest BCUT2D eigenvalue weighted by atomic mass is 9.87. The number of ether oxygens (including phenoxy) is 1. The molecule has 3 fully saturated rings. The van der Waals surface area contributed by atoms with E-state index in [-0.39, 0.29) is 12.0 Å². The molecule has 0 bridgehead atoms. The average molecular weight is 425 g/mol. The van der Waals surface area contributed by atoms with Crippen LogP contribution < -0.4 is 0 Å². The Morgan fingerprint density at radius 2 is 1.61 bits per heavy atom. The summed E-state index contributed by atoms with van der Waals surface area (Å²) in [4.78, 5) is 18.4. The summed E-state index contributed by atoms with van der Waals surface area (Å²) >= 11 is 0. The molecule has 0 radical (unpaired) electrons. The molecule has 4 nitrogen and oxygen atoms in total. The van der Waals surface area contributed by atoms with Crippen LogP contribution in [-0.4, -0.2) is 60.6 Å². The molecule has 1 saturated carbocycles. The zero-order valence-electron chi connectivity index (χ0n) is 19.1. The smallest absolute Gasteiger partial charge is 0.225 e. The van der Waals surface area contributed by atoms with E-state index in [0.29, 0.717) is 17.9 Å². The first kappa shape index (κ1) is 21.5. The van der Waals surface area contributed by atoms with Gasteiger partial charge >= 0.3 is 0 Å². The molecule has 170 valence electrons. The third-order valence-electron chi connectivity index (χ3n) is 8.39. The first-order valence-electron chi connectivity index (χ1n) is 13.0. The highest BCUT2D eigenvalue weighted by Crippen LogP contribution is 2.31. The molecule has 31 heavy (non-hydrogen) atoms. The van der Waals surface area contributed by atoms with Gasteiger partial charge in [-0.25, -0.2) is 0 Å². The summed E-state index contributed by atoms with van der Waals surface area (Å²) in [6.07, 6.45) is 13.4. The van der Waals surface area contributed by atoms with E-state index < -0.39 is 0 Å². The van der Waals surface area contributed by atoms with Crippen LogP contribution in [0.5, 0.6) is 0 Å². The normalized spacial score (nSPS) is 26.3. The van der Waals surface area contributed by atoms with Crippen LogP contribution in [0.1, 0.15) is 68.9 Å². The third kappa shape index (κ3) is 5.17. The number of hydrogen-bond donors (Lipinski definition) is 0. The highest BCUT2D eigenvalue weighted by atomic mass is 16.5. The Kier molecular flexibility index (Phi) is 6.95. The minimum atomic E-state index is 0.268. The Morgan fingerprint density at radius 3 is 2.26 bits per heavy atom. The number of amides is 1. The van der Waals surface area contributed by atoms with E-state index in [9.17, 15) is 4.79 Å². The number of likely N-dealkylation sites (tertiary alicyclic amines) is 1. The van der Waals surface area contributed by atoms with Gasteiger partial charge in [-0.15, -0.1) is 0 Å². The van der Waals surface area contributed by atoms with Gasteiger partial charge in [0.05, 0.1) is 6.10 Å². The van der Waals surface area contributed by atoms with Crippen molar-refractivity contribution >= 4 is 5.91 Å². The van der Waals surface area contributed by atoms with Gasteiger partial charge in [0.2, 0.25) is 5.91 Å². The van der Waals surface area contributed by atoms with Crippen LogP contribution >= 0.6 is 0 Å². The van der Waals surface area contributed by atoms with E-state index in [1.807, 2.05) is 0 Å². The summed E-state index contributed by atoms with van der Waals surface area (Å²) in [7, 11) is 0. The zero-order chi connectivity index (χ0) is 21.0. The van der Waals surface area contributed by atoms with Gasteiger partial charge < -0.3 is 9.64 Å². The topological polar surface area (TPSA) is 32.8 Å². The SMILES string of the molecule is O=C(C1CCCCC1)N(CC1CCN(C2Cc3ccccc3C2)CC1)CC1CCCO1. The van der Waals surface area contributed by atoms with Crippen LogP contribution in [0.25, 0.3) is 0 Å². The van der Waals surface area contributed by atoms with E-state index in [4.69, 9.17) is 4.74 Å². The second-order valence-corrected chi connectivity index (χ2v) is 10.5. The molecule has 1 atom stereocenters. The molecular weight excluding hydrogens is 384 g/mol. The van der Waals surface area contributed by atoms with Crippen molar-refractivity contribution < 1.29 is 9.53 Å². The van der Waals surface area contributed by atoms with Crippen LogP contribution in [0.4, 0.5) is 0 Å². The van der Waals surface area contributed by atoms with Crippen molar-refractivity contribution in [2.45, 2.75) is 82.8 Å². The lowest BCUT2D eigenvalue weighted by molar-refractivity contribution is -0.139. The van der Waals surface area contributed by atoms with Crippen molar-refractivity contribution in [2.24, 2.45) is 11.8 Å². The summed E-state index contributed by atoms with van der Waals surface area (Å²) in [6.45, 7) is 5.03. The van der Waals surface area contributed by atoms with Crippen molar-refractivity contribution in [2.75, 3.05) is 32.8 Å². The molecule has 0 spiro atoms. The molecule has 2 aliphatic carbocycles. The summed E-state index contributed by atoms with van der Waals surface area (Å²) < 4.78 is 5.92. The highest BCUT2D eigenvalue weighted by Gasteiger charge is 2.33. The number of carbonyl (C=O) groups excluding carboxylic acids is 1. The monoisotopic (exact) mass is 424 g/mol. The maximum atomic E-state index is 13.4. The number of piperidine rings is 1. The third-order valence-corrected chi connectivity index (χ3v) is 8.39. The Balaban J connectivity index is 1.15. The van der Waals surface area contributed by atoms with Crippen LogP contribution in [0.15, 0.2) is 24.3 Å². The molecule has 1 aromatic carbocycles. The van der Waals surface area contributed by atoms with Gasteiger partial charge in [-0.05, 0) is 81.5 Å². The summed E-state index contributed by atoms with van der Waals surface area (Å²) in [5.41, 5.74) is 3.10. The maximum absolute atomic E-state index is 13.4. The number of benzene rings is 1. The Hall–Kier alpha value is -1.39. The van der Waals surface area contributed by atoms with Crippen LogP contribution in [0.3, 0.4) is 0 Å². The standard InChI is InChI=1S/C27H40N2O2/c30-27(22-7-2-1-3-8-22)29(20-26-11-6-16-31-26)19-21-12-14-28(15-13-21)25-17-23-9-4-5-10-24(23)18-25/h4-5,9-10,21-22,25-26H,1-3,6-8,11-20H2. The molecule has 2 saturated heterocycles. The van der Waals surface area contributed by atoms with E-state index in [1.54, 1.807) is 11.1 Å². The molecule has 2 aliphatic heterocycles. The molecule has 2 heterocycles. The first-order valence-corrected chi connectivity index (χ1v) is 13.0. The Morgan fingerprint density at radius 1 is 0.903 bits per heavy atom. The fourth-order valence-corrected chi connectivity index (χ4v) is 6.50. The fourth-order valence-electron chi connectivity index (χ4n) is 6.50. The Labute approximate surface area is 188 Å². The van der Waals surface area contributed by atoms with Gasteiger partial charge in [-0.2, -0.15) is 0 Å². The van der Waals surface area contributed by atoms with Gasteiger partial charge in [0.25, 0.3) is 0 Å². The largest absolute Gasteiger partial charge is 0.376 e. The minimum absolute atomic E-state index is 0.268. The lowest BCUT2D eigenvalue weighted by Crippen LogP contribution is -2.47. The van der Waals surface area contributed by atoms with Crippen molar-refractivity contribution in [3.05, 3.63) is 35.4 Å². The maximum Gasteiger partial charge on any atom is 0.225 e. The van der Waals surface area contributed by atoms with Gasteiger partial charge in [0.15, 0.2) is 0 Å². The quantitative estimate of drug-likeness (QED) is 0.676. The summed E-state index contributed by atoms with van der Waals surface area (Å²) in [5.74, 6) is 1.35. The summed E-state index contributed by atoms with van der Waals surface area (Å²) in [6, 6.07) is 9.66. The number of carbonyl (C=O) groups is 1. The predicted octanol–water partition coefficient (Wildman–Crippen LogP) is 4.45. The number of rotatable bonds is 6. The van der Waals surface area contributed by atoms with Gasteiger partial charge in [0, 0.05) is 31.7 Å². The predicted molar refractivity (Wildman–Crippen MR) is 124 cm³/mol. The van der Waals surface area contributed by atoms with Gasteiger partial charge in [-0.3, -0.25) is 9.69 Å². The van der Waals surface area contributed by atoms with Crippen LogP contribution in [0, 0.1) is 11.8 Å². The first-order chi connectivity index (χ1) is 15.3. The van der Waals surface area contributed by atoms with Crippen LogP contribution in [-0.2, 0) is 22.4 Å². The second-order valence-electron chi connectivity index (χ2n) is 10.5. The van der Waals surface area contributed by atoms with Gasteiger partial charge in [0.1, 0.15) is 0 Å². The van der Waals surface area contributed by atoms with Crippen molar-refractivity contribution in [3.8, 4) is 0 Å². The van der Waals surface area contributed by atoms with E-state index in [0.717, 1.165) is 45.4 Å². The number of fused-ring (bicyclic) bond motifs is 1. The zero-order valence-corrected chi connectivity index (χ0v) is 19.1. The average Bonchev–Trinajstić information content (AvgIpc) is 3.49. The van der Waals surface area contributed by atoms with E-state index >= 15 is 0 Å². The van der Waals surface area contributed by atoms with Crippen molar-refractivity contribution in [1.82, 2.24) is 9.80 Å². The number of nitrogens with zero attached hydrogens (tertiary/aromatic N) is 2. The molecule has 4 heteroatoms. The molecule has 0 N–H and O–H groups in total. The van der Waals surface area contributed by atoms with Crippen molar-refractivity contribution in [3.63, 3.8) is 0 Å². The lowest BCUT2D eigenvalue weighted by Gasteiger charge is -2.39. The molecule has 1 aromatic rings. The molecule has 5 rings (SSSR count). The second kappa shape index (κ2) is 10.0. The molecule has 1 unspecified atom stereocenters. The Bertz CT molecular complexity index is 706. The highest BCUT2D eigenvalue weighted by molar-refractivity contribution is 5.79. The van der Waals surface area contributed by atoms with E-state index in [1.165, 1.54) is 58.0 Å². The summed E-state index contributed by atoms with van der Waals surface area (Å²) in [5, 5.41) is 0. The molecular formula is C27H40N2O2. The molecule has 4 aliphatic rings. The van der Waals surface area contributed by atoms with Crippen molar-refractivity contribution in [1.29, 1.82) is 0 Å².